The molecule has 4 rings (SSSR count). The summed E-state index contributed by atoms with van der Waals surface area (Å²) in [6.07, 6.45) is 0.731. The molecule has 0 N–H and O–H groups in total. The van der Waals surface area contributed by atoms with Crippen LogP contribution in [-0.4, -0.2) is 43.9 Å². The van der Waals surface area contributed by atoms with Crippen LogP contribution in [0.1, 0.15) is 22.4 Å². The number of halogens is 4. The van der Waals surface area contributed by atoms with Gasteiger partial charge in [0.05, 0.1) is 14.6 Å². The lowest BCUT2D eigenvalue weighted by atomic mass is 10.0. The molecular formula is C22H21Br2F2N3O2S2. The maximum Gasteiger partial charge on any atom is 0.247 e. The van der Waals surface area contributed by atoms with E-state index in [0.29, 0.717) is 13.1 Å². The number of anilines is 1. The van der Waals surface area contributed by atoms with Crippen LogP contribution in [0.2, 0.25) is 0 Å². The first-order valence-electron chi connectivity index (χ1n) is 10.2. The highest BCUT2D eigenvalue weighted by molar-refractivity contribution is 9.11. The number of hydrogen-bond acceptors (Lipinski definition) is 5. The van der Waals surface area contributed by atoms with E-state index in [-0.39, 0.29) is 17.6 Å². The molecule has 1 aromatic heterocycles. The van der Waals surface area contributed by atoms with Crippen LogP contribution < -0.4 is 4.90 Å². The van der Waals surface area contributed by atoms with E-state index in [1.165, 1.54) is 32.3 Å². The third-order valence-electron chi connectivity index (χ3n) is 5.38. The number of aromatic nitrogens is 1. The molecule has 2 aromatic carbocycles. The number of rotatable bonds is 5. The van der Waals surface area contributed by atoms with Crippen LogP contribution in [0.3, 0.4) is 0 Å². The molecule has 176 valence electrons. The SMILES string of the molecule is Cc1cc(C)cc(Cc2csc(N3CCN(S(=O)(=O)c4c(F)c(Br)cc(F)c4Br)CC3)n2)c1. The van der Waals surface area contributed by atoms with Gasteiger partial charge in [0, 0.05) is 38.0 Å². The van der Waals surface area contributed by atoms with E-state index in [4.69, 9.17) is 4.98 Å². The van der Waals surface area contributed by atoms with Crippen LogP contribution in [-0.2, 0) is 16.4 Å². The lowest BCUT2D eigenvalue weighted by Gasteiger charge is -2.34. The van der Waals surface area contributed by atoms with Gasteiger partial charge in [-0.1, -0.05) is 29.3 Å². The van der Waals surface area contributed by atoms with E-state index in [0.717, 1.165) is 23.3 Å². The second-order valence-corrected chi connectivity index (χ2v) is 12.3. The molecule has 1 aliphatic rings. The summed E-state index contributed by atoms with van der Waals surface area (Å²) in [6, 6.07) is 7.33. The van der Waals surface area contributed by atoms with Crippen molar-refractivity contribution < 1.29 is 17.2 Å². The summed E-state index contributed by atoms with van der Waals surface area (Å²) in [5.74, 6) is -1.86. The molecule has 0 unspecified atom stereocenters. The normalized spacial score (nSPS) is 15.3. The summed E-state index contributed by atoms with van der Waals surface area (Å²) in [5, 5.41) is 2.85. The molecule has 2 heterocycles. The standard InChI is InChI=1S/C22H21Br2F2N3O2S2/c1-13-7-14(2)9-15(8-13)10-16-12-32-22(27-16)28-3-5-29(6-4-28)33(30,31)21-19(24)18(25)11-17(23)20(21)26/h7-9,11-12H,3-6,10H2,1-2H3. The molecule has 33 heavy (non-hydrogen) atoms. The van der Waals surface area contributed by atoms with Crippen molar-refractivity contribution >= 4 is 58.4 Å². The van der Waals surface area contributed by atoms with Gasteiger partial charge in [-0.05, 0) is 57.3 Å². The monoisotopic (exact) mass is 619 g/mol. The topological polar surface area (TPSA) is 53.5 Å². The largest absolute Gasteiger partial charge is 0.345 e. The number of hydrogen-bond donors (Lipinski definition) is 0. The van der Waals surface area contributed by atoms with E-state index in [1.54, 1.807) is 0 Å². The lowest BCUT2D eigenvalue weighted by molar-refractivity contribution is 0.381. The second-order valence-electron chi connectivity index (χ2n) is 7.98. The first kappa shape index (κ1) is 24.7. The molecule has 0 amide bonds. The van der Waals surface area contributed by atoms with Crippen molar-refractivity contribution in [1.29, 1.82) is 0 Å². The number of thiazole rings is 1. The Morgan fingerprint density at radius 1 is 1.03 bits per heavy atom. The summed E-state index contributed by atoms with van der Waals surface area (Å²) in [7, 11) is -4.22. The molecule has 0 bridgehead atoms. The van der Waals surface area contributed by atoms with Crippen molar-refractivity contribution in [3.8, 4) is 0 Å². The molecule has 0 radical (unpaired) electrons. The third kappa shape index (κ3) is 5.17. The fourth-order valence-corrected chi connectivity index (χ4v) is 7.80. The first-order chi connectivity index (χ1) is 15.6. The lowest BCUT2D eigenvalue weighted by Crippen LogP contribution is -2.49. The van der Waals surface area contributed by atoms with Crippen LogP contribution in [0, 0.1) is 25.5 Å². The van der Waals surface area contributed by atoms with Gasteiger partial charge in [0.25, 0.3) is 0 Å². The van der Waals surface area contributed by atoms with Crippen molar-refractivity contribution in [1.82, 2.24) is 9.29 Å². The molecule has 0 saturated carbocycles. The van der Waals surface area contributed by atoms with Crippen LogP contribution in [0.5, 0.6) is 0 Å². The average molecular weight is 621 g/mol. The fraction of sp³-hybridized carbons (Fsp3) is 0.318. The van der Waals surface area contributed by atoms with Gasteiger partial charge in [0.1, 0.15) is 10.7 Å². The van der Waals surface area contributed by atoms with E-state index in [2.05, 4.69) is 63.9 Å². The Morgan fingerprint density at radius 3 is 2.30 bits per heavy atom. The van der Waals surface area contributed by atoms with Gasteiger partial charge < -0.3 is 4.90 Å². The van der Waals surface area contributed by atoms with Gasteiger partial charge in [0.15, 0.2) is 10.9 Å². The Hall–Kier alpha value is -1.40. The summed E-state index contributed by atoms with van der Waals surface area (Å²) >= 11 is 7.30. The summed E-state index contributed by atoms with van der Waals surface area (Å²) in [4.78, 5) is 6.07. The van der Waals surface area contributed by atoms with Gasteiger partial charge in [0.2, 0.25) is 10.0 Å². The highest BCUT2D eigenvalue weighted by Crippen LogP contribution is 2.35. The van der Waals surface area contributed by atoms with Gasteiger partial charge >= 0.3 is 0 Å². The molecule has 0 atom stereocenters. The number of aryl methyl sites for hydroxylation is 2. The van der Waals surface area contributed by atoms with Crippen LogP contribution in [0.4, 0.5) is 13.9 Å². The summed E-state index contributed by atoms with van der Waals surface area (Å²) < 4.78 is 55.4. The predicted molar refractivity (Wildman–Crippen MR) is 134 cm³/mol. The van der Waals surface area contributed by atoms with E-state index in [9.17, 15) is 17.2 Å². The Kier molecular flexibility index (Phi) is 7.26. The van der Waals surface area contributed by atoms with Crippen LogP contribution in [0.25, 0.3) is 0 Å². The fourth-order valence-electron chi connectivity index (χ4n) is 3.93. The highest BCUT2D eigenvalue weighted by Gasteiger charge is 2.35. The molecule has 1 saturated heterocycles. The van der Waals surface area contributed by atoms with Crippen molar-refractivity contribution in [3.05, 3.63) is 72.6 Å². The van der Waals surface area contributed by atoms with Crippen LogP contribution in [0.15, 0.2) is 43.5 Å². The van der Waals surface area contributed by atoms with E-state index < -0.39 is 31.0 Å². The average Bonchev–Trinajstić information content (AvgIpc) is 3.20. The highest BCUT2D eigenvalue weighted by atomic mass is 79.9. The van der Waals surface area contributed by atoms with Crippen LogP contribution >= 0.6 is 43.2 Å². The number of sulfonamides is 1. The first-order valence-corrected chi connectivity index (χ1v) is 14.1. The number of nitrogens with zero attached hydrogens (tertiary/aromatic N) is 3. The quantitative estimate of drug-likeness (QED) is 0.345. The zero-order chi connectivity index (χ0) is 23.9. The zero-order valence-corrected chi connectivity index (χ0v) is 22.7. The second kappa shape index (κ2) is 9.69. The maximum atomic E-state index is 14.6. The minimum absolute atomic E-state index is 0.147. The molecule has 1 fully saturated rings. The Morgan fingerprint density at radius 2 is 1.67 bits per heavy atom. The maximum absolute atomic E-state index is 14.6. The van der Waals surface area contributed by atoms with Crippen molar-refractivity contribution in [2.45, 2.75) is 25.2 Å². The minimum Gasteiger partial charge on any atom is -0.345 e. The van der Waals surface area contributed by atoms with Gasteiger partial charge in [-0.3, -0.25) is 0 Å². The van der Waals surface area contributed by atoms with Crippen molar-refractivity contribution in [2.75, 3.05) is 31.1 Å². The Balaban J connectivity index is 1.47. The van der Waals surface area contributed by atoms with Crippen molar-refractivity contribution in [3.63, 3.8) is 0 Å². The summed E-state index contributed by atoms with van der Waals surface area (Å²) in [5.41, 5.74) is 4.59. The molecule has 5 nitrogen and oxygen atoms in total. The minimum atomic E-state index is -4.22. The molecule has 1 aliphatic heterocycles. The molecular weight excluding hydrogens is 600 g/mol. The van der Waals surface area contributed by atoms with E-state index >= 15 is 0 Å². The third-order valence-corrected chi connectivity index (χ3v) is 9.89. The molecule has 11 heteroatoms. The van der Waals surface area contributed by atoms with Gasteiger partial charge in [-0.25, -0.2) is 22.2 Å². The number of piperazine rings is 1. The van der Waals surface area contributed by atoms with E-state index in [1.807, 2.05) is 10.3 Å². The number of benzene rings is 2. The van der Waals surface area contributed by atoms with Crippen molar-refractivity contribution in [2.24, 2.45) is 0 Å². The zero-order valence-electron chi connectivity index (χ0n) is 17.9. The molecule has 0 spiro atoms. The predicted octanol–water partition coefficient (Wildman–Crippen LogP) is 5.66. The Labute approximate surface area is 212 Å². The Bertz CT molecular complexity index is 1260. The molecule has 0 aliphatic carbocycles. The smallest absolute Gasteiger partial charge is 0.247 e. The van der Waals surface area contributed by atoms with Gasteiger partial charge in [-0.2, -0.15) is 4.31 Å². The molecule has 3 aromatic rings. The summed E-state index contributed by atoms with van der Waals surface area (Å²) in [6.45, 7) is 5.26. The van der Waals surface area contributed by atoms with Gasteiger partial charge in [-0.15, -0.1) is 11.3 Å².